The molecule has 0 saturated carbocycles. The quantitative estimate of drug-likeness (QED) is 0.774. The molecule has 0 fully saturated rings. The highest BCUT2D eigenvalue weighted by Gasteiger charge is 2.17. The van der Waals surface area contributed by atoms with Gasteiger partial charge in [-0.2, -0.15) is 5.26 Å². The summed E-state index contributed by atoms with van der Waals surface area (Å²) in [5.41, 5.74) is 1.36. The van der Waals surface area contributed by atoms with Crippen molar-refractivity contribution in [3.8, 4) is 22.9 Å². The minimum Gasteiger partial charge on any atom is -0.494 e. The number of nitrogens with zero attached hydrogens (tertiary/aromatic N) is 1. The van der Waals surface area contributed by atoms with Gasteiger partial charge in [-0.3, -0.25) is 10.2 Å². The van der Waals surface area contributed by atoms with Gasteiger partial charge in [0.15, 0.2) is 0 Å². The van der Waals surface area contributed by atoms with E-state index >= 15 is 0 Å². The largest absolute Gasteiger partial charge is 0.494 e. The molecular weight excluding hydrogens is 306 g/mol. The molecule has 2 N–H and O–H groups in total. The van der Waals surface area contributed by atoms with Crippen molar-refractivity contribution in [2.24, 2.45) is 0 Å². The van der Waals surface area contributed by atoms with Crippen LogP contribution in [-0.2, 0) is 0 Å². The summed E-state index contributed by atoms with van der Waals surface area (Å²) in [4.78, 5) is 15.1. The van der Waals surface area contributed by atoms with Crippen LogP contribution in [0.4, 0.5) is 0 Å². The lowest BCUT2D eigenvalue weighted by atomic mass is 9.98. The molecule has 0 spiro atoms. The smallest absolute Gasteiger partial charge is 0.259 e. The van der Waals surface area contributed by atoms with Crippen molar-refractivity contribution in [2.75, 3.05) is 6.61 Å². The number of benzene rings is 1. The highest BCUT2D eigenvalue weighted by molar-refractivity contribution is 5.95. The first-order valence-electron chi connectivity index (χ1n) is 7.43. The van der Waals surface area contributed by atoms with Gasteiger partial charge in [0.2, 0.25) is 5.55 Å². The molecule has 0 unspecified atom stereocenters. The van der Waals surface area contributed by atoms with Crippen LogP contribution < -0.4 is 15.9 Å². The number of hydrogen-bond donors (Lipinski definition) is 2. The van der Waals surface area contributed by atoms with E-state index in [0.29, 0.717) is 29.2 Å². The van der Waals surface area contributed by atoms with Gasteiger partial charge >= 0.3 is 0 Å². The van der Waals surface area contributed by atoms with E-state index < -0.39 is 0 Å². The van der Waals surface area contributed by atoms with E-state index in [1.165, 1.54) is 0 Å². The number of ether oxygens (including phenoxy) is 1. The Labute approximate surface area is 137 Å². The van der Waals surface area contributed by atoms with Crippen LogP contribution in [0.1, 0.15) is 18.2 Å². The zero-order chi connectivity index (χ0) is 17.3. The van der Waals surface area contributed by atoms with Crippen LogP contribution in [0.3, 0.4) is 0 Å². The second kappa shape index (κ2) is 6.05. The molecular formula is C18H15N3O3. The van der Waals surface area contributed by atoms with Crippen LogP contribution in [0.5, 0.6) is 5.75 Å². The Morgan fingerprint density at radius 3 is 2.67 bits per heavy atom. The van der Waals surface area contributed by atoms with E-state index in [9.17, 15) is 10.1 Å². The van der Waals surface area contributed by atoms with Crippen LogP contribution >= 0.6 is 0 Å². The first kappa shape index (κ1) is 15.6. The van der Waals surface area contributed by atoms with Crippen molar-refractivity contribution in [2.45, 2.75) is 13.8 Å². The van der Waals surface area contributed by atoms with Crippen LogP contribution in [0.15, 0.2) is 39.5 Å². The first-order chi connectivity index (χ1) is 11.5. The lowest BCUT2D eigenvalue weighted by Gasteiger charge is -2.10. The number of H-pyrrole nitrogens is 1. The van der Waals surface area contributed by atoms with Gasteiger partial charge in [0.05, 0.1) is 12.0 Å². The molecule has 120 valence electrons. The lowest BCUT2D eigenvalue weighted by molar-refractivity contribution is 0.340. The third-order valence-electron chi connectivity index (χ3n) is 3.64. The summed E-state index contributed by atoms with van der Waals surface area (Å²) in [6, 6.07) is 10.7. The van der Waals surface area contributed by atoms with Gasteiger partial charge in [-0.15, -0.1) is 0 Å². The molecule has 3 aromatic rings. The Bertz CT molecular complexity index is 1070. The third kappa shape index (κ3) is 2.57. The number of nitrogens with one attached hydrogen (secondary N) is 2. The Morgan fingerprint density at radius 2 is 2.04 bits per heavy atom. The van der Waals surface area contributed by atoms with E-state index in [2.05, 4.69) is 4.98 Å². The molecule has 0 aliphatic rings. The fourth-order valence-electron chi connectivity index (χ4n) is 2.65. The number of aryl methyl sites for hydroxylation is 1. The maximum absolute atomic E-state index is 12.4. The van der Waals surface area contributed by atoms with Crippen LogP contribution in [0, 0.1) is 23.7 Å². The van der Waals surface area contributed by atoms with E-state index in [1.807, 2.05) is 13.0 Å². The Morgan fingerprint density at radius 1 is 1.33 bits per heavy atom. The van der Waals surface area contributed by atoms with Crippen molar-refractivity contribution in [3.63, 3.8) is 0 Å². The fourth-order valence-corrected chi connectivity index (χ4v) is 2.65. The van der Waals surface area contributed by atoms with E-state index in [0.717, 1.165) is 0 Å². The lowest BCUT2D eigenvalue weighted by Crippen LogP contribution is -2.14. The standard InChI is InChI=1S/C18H15N3O3/c1-3-23-12-6-4-11(5-7-12)15-13(9-19)17(20)24-14-8-10(2)21-18(22)16(14)15/h4-8,20H,3H2,1-2H3,(H,21,22). The molecule has 6 nitrogen and oxygen atoms in total. The Kier molecular flexibility index (Phi) is 3.92. The summed E-state index contributed by atoms with van der Waals surface area (Å²) in [5, 5.41) is 17.7. The second-order valence-electron chi connectivity index (χ2n) is 5.27. The molecule has 0 aliphatic heterocycles. The van der Waals surface area contributed by atoms with Gasteiger partial charge in [-0.25, -0.2) is 0 Å². The molecule has 0 amide bonds. The number of hydrogen-bond acceptors (Lipinski definition) is 5. The van der Waals surface area contributed by atoms with Crippen molar-refractivity contribution >= 4 is 11.0 Å². The summed E-state index contributed by atoms with van der Waals surface area (Å²) < 4.78 is 10.8. The van der Waals surface area contributed by atoms with Crippen molar-refractivity contribution < 1.29 is 9.15 Å². The van der Waals surface area contributed by atoms with Crippen LogP contribution in [-0.4, -0.2) is 11.6 Å². The molecule has 0 bridgehead atoms. The Balaban J connectivity index is 2.39. The SMILES string of the molecule is CCOc1ccc(-c2c(C#N)c(=N)oc3cc(C)[nH]c(=O)c23)cc1. The van der Waals surface area contributed by atoms with Gasteiger partial charge in [0, 0.05) is 17.3 Å². The Hall–Kier alpha value is -3.33. The third-order valence-corrected chi connectivity index (χ3v) is 3.64. The molecule has 0 atom stereocenters. The summed E-state index contributed by atoms with van der Waals surface area (Å²) in [5.74, 6) is 0.695. The molecule has 0 saturated heterocycles. The van der Waals surface area contributed by atoms with Gasteiger partial charge in [0.25, 0.3) is 5.56 Å². The van der Waals surface area contributed by atoms with Crippen molar-refractivity contribution in [3.05, 3.63) is 57.5 Å². The molecule has 3 rings (SSSR count). The second-order valence-corrected chi connectivity index (χ2v) is 5.27. The van der Waals surface area contributed by atoms with E-state index in [-0.39, 0.29) is 27.6 Å². The first-order valence-corrected chi connectivity index (χ1v) is 7.43. The van der Waals surface area contributed by atoms with Gasteiger partial charge in [0.1, 0.15) is 23.0 Å². The molecule has 0 aliphatic carbocycles. The average Bonchev–Trinajstić information content (AvgIpc) is 2.54. The maximum Gasteiger partial charge on any atom is 0.259 e. The van der Waals surface area contributed by atoms with Crippen molar-refractivity contribution in [1.82, 2.24) is 4.98 Å². The molecule has 6 heteroatoms. The highest BCUT2D eigenvalue weighted by Crippen LogP contribution is 2.29. The molecule has 2 heterocycles. The number of pyridine rings is 1. The summed E-state index contributed by atoms with van der Waals surface area (Å²) in [7, 11) is 0. The summed E-state index contributed by atoms with van der Waals surface area (Å²) in [6.45, 7) is 4.17. The molecule has 2 aromatic heterocycles. The van der Waals surface area contributed by atoms with Crippen LogP contribution in [0.25, 0.3) is 22.1 Å². The molecule has 24 heavy (non-hydrogen) atoms. The summed E-state index contributed by atoms with van der Waals surface area (Å²) >= 11 is 0. The minimum absolute atomic E-state index is 0.0287. The molecule has 1 aromatic carbocycles. The number of aromatic amines is 1. The topological polar surface area (TPSA) is 103 Å². The zero-order valence-corrected chi connectivity index (χ0v) is 13.3. The van der Waals surface area contributed by atoms with Gasteiger partial charge in [-0.1, -0.05) is 12.1 Å². The number of rotatable bonds is 3. The predicted molar refractivity (Wildman–Crippen MR) is 88.7 cm³/mol. The fraction of sp³-hybridized carbons (Fsp3) is 0.167. The summed E-state index contributed by atoms with van der Waals surface area (Å²) in [6.07, 6.45) is 0. The predicted octanol–water partition coefficient (Wildman–Crippen LogP) is 2.85. The van der Waals surface area contributed by atoms with Crippen LogP contribution in [0.2, 0.25) is 0 Å². The highest BCUT2D eigenvalue weighted by atomic mass is 16.5. The monoisotopic (exact) mass is 321 g/mol. The van der Waals surface area contributed by atoms with Gasteiger partial charge < -0.3 is 14.1 Å². The number of fused-ring (bicyclic) bond motifs is 1. The zero-order valence-electron chi connectivity index (χ0n) is 13.3. The minimum atomic E-state index is -0.353. The van der Waals surface area contributed by atoms with E-state index in [1.54, 1.807) is 37.3 Å². The van der Waals surface area contributed by atoms with Gasteiger partial charge in [-0.05, 0) is 31.5 Å². The van der Waals surface area contributed by atoms with Crippen molar-refractivity contribution in [1.29, 1.82) is 10.7 Å². The normalized spacial score (nSPS) is 10.5. The average molecular weight is 321 g/mol. The van der Waals surface area contributed by atoms with E-state index in [4.69, 9.17) is 14.6 Å². The molecule has 0 radical (unpaired) electrons. The number of aromatic nitrogens is 1. The maximum atomic E-state index is 12.4. The number of nitriles is 1.